The van der Waals surface area contributed by atoms with Crippen molar-refractivity contribution in [2.45, 2.75) is 24.4 Å². The predicted octanol–water partition coefficient (Wildman–Crippen LogP) is 0.955. The molecular weight excluding hydrogens is 334 g/mol. The quantitative estimate of drug-likeness (QED) is 0.700. The molecule has 23 heavy (non-hydrogen) atoms. The molecule has 1 heterocycles. The molecule has 3 rings (SSSR count). The third-order valence-corrected chi connectivity index (χ3v) is 4.86. The number of nitrogens with one attached hydrogen (secondary N) is 1. The summed E-state index contributed by atoms with van der Waals surface area (Å²) in [4.78, 5) is 12.2. The first kappa shape index (κ1) is 15.7. The van der Waals surface area contributed by atoms with E-state index in [0.717, 1.165) is 17.2 Å². The van der Waals surface area contributed by atoms with Gasteiger partial charge in [0.15, 0.2) is 0 Å². The Bertz CT molecular complexity index is 824. The lowest BCUT2D eigenvalue weighted by Gasteiger charge is -2.32. The van der Waals surface area contributed by atoms with Crippen molar-refractivity contribution < 1.29 is 31.7 Å². The smallest absolute Gasteiger partial charge is 0.353 e. The van der Waals surface area contributed by atoms with Gasteiger partial charge in [-0.25, -0.2) is 13.6 Å². The molecule has 124 valence electrons. The summed E-state index contributed by atoms with van der Waals surface area (Å²) in [6.07, 6.45) is 1.38. The highest BCUT2D eigenvalue weighted by molar-refractivity contribution is 7.86. The van der Waals surface area contributed by atoms with Gasteiger partial charge in [0.05, 0.1) is 6.04 Å². The molecule has 1 aromatic carbocycles. The molecule has 1 aromatic rings. The normalized spacial score (nSPS) is 23.4. The van der Waals surface area contributed by atoms with E-state index in [1.165, 1.54) is 0 Å². The maximum atomic E-state index is 14.1. The van der Waals surface area contributed by atoms with Crippen molar-refractivity contribution in [3.05, 3.63) is 46.8 Å². The first-order valence-corrected chi connectivity index (χ1v) is 8.12. The summed E-state index contributed by atoms with van der Waals surface area (Å²) in [7, 11) is -4.68. The Morgan fingerprint density at radius 3 is 2.65 bits per heavy atom. The maximum absolute atomic E-state index is 14.1. The Morgan fingerprint density at radius 2 is 2.04 bits per heavy atom. The minimum absolute atomic E-state index is 0.0379. The van der Waals surface area contributed by atoms with Crippen molar-refractivity contribution in [2.24, 2.45) is 0 Å². The van der Waals surface area contributed by atoms with Crippen molar-refractivity contribution in [3.63, 3.8) is 0 Å². The number of carboxylic acids is 1. The van der Waals surface area contributed by atoms with Crippen molar-refractivity contribution in [3.8, 4) is 0 Å². The van der Waals surface area contributed by atoms with Gasteiger partial charge in [-0.2, -0.15) is 8.42 Å². The Morgan fingerprint density at radius 1 is 1.35 bits per heavy atom. The van der Waals surface area contributed by atoms with Gasteiger partial charge in [0, 0.05) is 17.8 Å². The van der Waals surface area contributed by atoms with E-state index in [4.69, 9.17) is 0 Å². The lowest BCUT2D eigenvalue weighted by atomic mass is 10.1. The van der Waals surface area contributed by atoms with E-state index in [1.807, 2.05) is 0 Å². The van der Waals surface area contributed by atoms with Gasteiger partial charge in [-0.05, 0) is 24.5 Å². The zero-order valence-corrected chi connectivity index (χ0v) is 12.3. The van der Waals surface area contributed by atoms with Crippen LogP contribution in [0.5, 0.6) is 0 Å². The van der Waals surface area contributed by atoms with Crippen molar-refractivity contribution in [1.82, 2.24) is 10.2 Å². The maximum Gasteiger partial charge on any atom is 0.353 e. The third-order valence-electron chi connectivity index (χ3n) is 3.93. The van der Waals surface area contributed by atoms with Crippen LogP contribution in [0.2, 0.25) is 0 Å². The van der Waals surface area contributed by atoms with Crippen molar-refractivity contribution in [2.75, 3.05) is 0 Å². The summed E-state index contributed by atoms with van der Waals surface area (Å²) in [5.41, 5.74) is -1.78. The molecule has 1 aliphatic heterocycles. The Balaban J connectivity index is 2.10. The fraction of sp³-hybridized carbons (Fsp3) is 0.308. The molecule has 0 radical (unpaired) electrons. The van der Waals surface area contributed by atoms with Gasteiger partial charge in [0.2, 0.25) is 5.50 Å². The van der Waals surface area contributed by atoms with Crippen LogP contribution in [-0.2, 0) is 21.3 Å². The SMILES string of the molecule is O=C(O)C1=CNC(S(=O)(=O)O)N1C1CCc2cc(F)cc(F)c21. The van der Waals surface area contributed by atoms with Gasteiger partial charge in [-0.1, -0.05) is 0 Å². The molecule has 0 fully saturated rings. The van der Waals surface area contributed by atoms with Gasteiger partial charge >= 0.3 is 16.1 Å². The number of nitrogens with zero attached hydrogens (tertiary/aromatic N) is 1. The molecule has 10 heteroatoms. The number of rotatable bonds is 3. The van der Waals surface area contributed by atoms with Crippen LogP contribution in [0.15, 0.2) is 24.0 Å². The van der Waals surface area contributed by atoms with E-state index in [0.29, 0.717) is 11.6 Å². The van der Waals surface area contributed by atoms with Crippen molar-refractivity contribution >= 4 is 16.1 Å². The van der Waals surface area contributed by atoms with E-state index >= 15 is 0 Å². The van der Waals surface area contributed by atoms with Crippen LogP contribution in [0.4, 0.5) is 8.78 Å². The van der Waals surface area contributed by atoms with Crippen LogP contribution < -0.4 is 5.32 Å². The summed E-state index contributed by atoms with van der Waals surface area (Å²) in [6.45, 7) is 0. The molecule has 0 saturated heterocycles. The van der Waals surface area contributed by atoms with E-state index < -0.39 is 45.0 Å². The highest BCUT2D eigenvalue weighted by Gasteiger charge is 2.45. The molecule has 2 atom stereocenters. The van der Waals surface area contributed by atoms with Gasteiger partial charge in [-0.3, -0.25) is 4.55 Å². The lowest BCUT2D eigenvalue weighted by molar-refractivity contribution is -0.134. The molecule has 3 N–H and O–H groups in total. The van der Waals surface area contributed by atoms with Gasteiger partial charge < -0.3 is 15.3 Å². The lowest BCUT2D eigenvalue weighted by Crippen LogP contribution is -2.45. The number of carbonyl (C=O) groups is 1. The van der Waals surface area contributed by atoms with Crippen LogP contribution in [0.3, 0.4) is 0 Å². The fourth-order valence-corrected chi connectivity index (χ4v) is 3.88. The standard InChI is InChI=1S/C13H12F2N2O5S/c14-7-3-6-1-2-9(11(6)8(15)4-7)17-10(12(18)19)5-16-13(17)23(20,21)22/h3-5,9,13,16H,1-2H2,(H,18,19)(H,20,21,22). The summed E-state index contributed by atoms with van der Waals surface area (Å²) < 4.78 is 59.7. The number of halogens is 2. The zero-order chi connectivity index (χ0) is 16.9. The van der Waals surface area contributed by atoms with Gasteiger partial charge in [0.1, 0.15) is 17.3 Å². The molecule has 7 nitrogen and oxygen atoms in total. The Hall–Kier alpha value is -2.20. The van der Waals surface area contributed by atoms with Gasteiger partial charge in [-0.15, -0.1) is 0 Å². The molecule has 0 saturated carbocycles. The second kappa shape index (κ2) is 5.17. The highest BCUT2D eigenvalue weighted by atomic mass is 32.2. The number of hydrogen-bond acceptors (Lipinski definition) is 5. The van der Waals surface area contributed by atoms with Crippen LogP contribution in [0.25, 0.3) is 0 Å². The average molecular weight is 346 g/mol. The second-order valence-electron chi connectivity index (χ2n) is 5.29. The number of aryl methyl sites for hydroxylation is 1. The molecule has 2 unspecified atom stereocenters. The first-order chi connectivity index (χ1) is 10.7. The summed E-state index contributed by atoms with van der Waals surface area (Å²) in [5, 5.41) is 11.5. The molecule has 0 amide bonds. The predicted molar refractivity (Wildman–Crippen MR) is 73.5 cm³/mol. The molecule has 0 bridgehead atoms. The minimum atomic E-state index is -4.68. The first-order valence-electron chi connectivity index (χ1n) is 6.62. The van der Waals surface area contributed by atoms with E-state index in [1.54, 1.807) is 0 Å². The number of carboxylic acid groups (broad SMARTS) is 1. The number of hydrogen-bond donors (Lipinski definition) is 3. The second-order valence-corrected chi connectivity index (χ2v) is 6.77. The van der Waals surface area contributed by atoms with Gasteiger partial charge in [0.25, 0.3) is 0 Å². The Kier molecular flexibility index (Phi) is 3.52. The van der Waals surface area contributed by atoms with Crippen LogP contribution in [0.1, 0.15) is 23.6 Å². The third kappa shape index (κ3) is 2.53. The summed E-state index contributed by atoms with van der Waals surface area (Å²) in [5.74, 6) is -3.07. The van der Waals surface area contributed by atoms with E-state index in [2.05, 4.69) is 5.32 Å². The topological polar surface area (TPSA) is 107 Å². The number of benzene rings is 1. The molecule has 0 spiro atoms. The molecule has 1 aliphatic carbocycles. The zero-order valence-electron chi connectivity index (χ0n) is 11.5. The molecular formula is C13H12F2N2O5S. The molecule has 2 aliphatic rings. The van der Waals surface area contributed by atoms with Crippen LogP contribution in [0, 0.1) is 11.6 Å². The largest absolute Gasteiger partial charge is 0.477 e. The van der Waals surface area contributed by atoms with E-state index in [-0.39, 0.29) is 18.4 Å². The minimum Gasteiger partial charge on any atom is -0.477 e. The van der Waals surface area contributed by atoms with Crippen molar-refractivity contribution in [1.29, 1.82) is 0 Å². The molecule has 0 aromatic heterocycles. The number of aliphatic carboxylic acids is 1. The summed E-state index contributed by atoms with van der Waals surface area (Å²) in [6, 6.07) is 0.844. The average Bonchev–Trinajstić information content (AvgIpc) is 2.99. The van der Waals surface area contributed by atoms with Crippen LogP contribution in [-0.4, -0.2) is 34.4 Å². The fourth-order valence-electron chi connectivity index (χ4n) is 3.10. The number of fused-ring (bicyclic) bond motifs is 1. The Labute approximate surface area is 130 Å². The monoisotopic (exact) mass is 346 g/mol. The summed E-state index contributed by atoms with van der Waals surface area (Å²) >= 11 is 0. The van der Waals surface area contributed by atoms with Crippen LogP contribution >= 0.6 is 0 Å². The highest BCUT2D eigenvalue weighted by Crippen LogP contribution is 2.42. The van der Waals surface area contributed by atoms with E-state index in [9.17, 15) is 31.7 Å².